The van der Waals surface area contributed by atoms with Crippen LogP contribution in [0, 0.1) is 0 Å². The monoisotopic (exact) mass is 354 g/mol. The predicted molar refractivity (Wildman–Crippen MR) is 83.0 cm³/mol. The van der Waals surface area contributed by atoms with Crippen molar-refractivity contribution in [3.05, 3.63) is 62.8 Å². The third-order valence-electron chi connectivity index (χ3n) is 2.93. The Labute approximate surface area is 129 Å². The van der Waals surface area contributed by atoms with Gasteiger partial charge in [-0.3, -0.25) is 0 Å². The average molecular weight is 356 g/mol. The van der Waals surface area contributed by atoms with Crippen molar-refractivity contribution in [2.75, 3.05) is 0 Å². The summed E-state index contributed by atoms with van der Waals surface area (Å²) in [7, 11) is 0. The van der Waals surface area contributed by atoms with E-state index in [-0.39, 0.29) is 0 Å². The number of rotatable bonds is 2. The van der Waals surface area contributed by atoms with Crippen LogP contribution in [-0.2, 0) is 6.54 Å². The van der Waals surface area contributed by atoms with E-state index in [1.54, 1.807) is 6.07 Å². The molecule has 0 saturated heterocycles. The maximum Gasteiger partial charge on any atom is 0.178 e. The van der Waals surface area contributed by atoms with Crippen LogP contribution in [0.25, 0.3) is 11.0 Å². The summed E-state index contributed by atoms with van der Waals surface area (Å²) >= 11 is 15.6. The van der Waals surface area contributed by atoms with Gasteiger partial charge in [-0.25, -0.2) is 4.98 Å². The molecular formula is C14H9BrCl2N2. The lowest BCUT2D eigenvalue weighted by atomic mass is 10.2. The van der Waals surface area contributed by atoms with Crippen molar-refractivity contribution >= 4 is 50.2 Å². The second-order valence-corrected chi connectivity index (χ2v) is 5.73. The van der Waals surface area contributed by atoms with Gasteiger partial charge in [0.1, 0.15) is 0 Å². The number of fused-ring (bicyclic) bond motifs is 1. The summed E-state index contributed by atoms with van der Waals surface area (Å²) in [4.78, 5) is 4.45. The summed E-state index contributed by atoms with van der Waals surface area (Å²) in [5.74, 6) is 0. The molecule has 2 aromatic carbocycles. The van der Waals surface area contributed by atoms with E-state index >= 15 is 0 Å². The molecule has 0 saturated carbocycles. The Morgan fingerprint density at radius 1 is 1.05 bits per heavy atom. The summed E-state index contributed by atoms with van der Waals surface area (Å²) in [6.07, 6.45) is 0. The Balaban J connectivity index is 2.13. The van der Waals surface area contributed by atoms with Gasteiger partial charge in [-0.05, 0) is 33.6 Å². The van der Waals surface area contributed by atoms with Gasteiger partial charge in [0.2, 0.25) is 0 Å². The van der Waals surface area contributed by atoms with E-state index in [4.69, 9.17) is 23.2 Å². The highest BCUT2D eigenvalue weighted by Crippen LogP contribution is 2.30. The van der Waals surface area contributed by atoms with Gasteiger partial charge in [0.05, 0.1) is 27.6 Å². The molecular weight excluding hydrogens is 347 g/mol. The first kappa shape index (κ1) is 13.0. The molecule has 0 fully saturated rings. The maximum absolute atomic E-state index is 6.08. The maximum atomic E-state index is 6.08. The number of aromatic nitrogens is 2. The van der Waals surface area contributed by atoms with Crippen LogP contribution in [0.1, 0.15) is 5.56 Å². The quantitative estimate of drug-likeness (QED) is 0.621. The van der Waals surface area contributed by atoms with Crippen LogP contribution in [0.5, 0.6) is 0 Å². The summed E-state index contributed by atoms with van der Waals surface area (Å²) in [6.45, 7) is 0.732. The van der Waals surface area contributed by atoms with E-state index in [1.165, 1.54) is 5.56 Å². The third kappa shape index (κ3) is 2.50. The molecule has 0 aliphatic carbocycles. The predicted octanol–water partition coefficient (Wildman–Crippen LogP) is 5.15. The minimum absolute atomic E-state index is 0.519. The van der Waals surface area contributed by atoms with Crippen LogP contribution < -0.4 is 0 Å². The second kappa shape index (κ2) is 5.16. The molecule has 1 heterocycles. The van der Waals surface area contributed by atoms with Crippen molar-refractivity contribution in [3.8, 4) is 0 Å². The molecule has 0 spiro atoms. The van der Waals surface area contributed by atoms with E-state index in [0.717, 1.165) is 22.3 Å². The van der Waals surface area contributed by atoms with Gasteiger partial charge in [-0.15, -0.1) is 0 Å². The average Bonchev–Trinajstić information content (AvgIpc) is 2.68. The lowest BCUT2D eigenvalue weighted by Crippen LogP contribution is -1.99. The lowest BCUT2D eigenvalue weighted by molar-refractivity contribution is 0.800. The molecule has 0 atom stereocenters. The fraction of sp³-hybridized carbons (Fsp3) is 0.0714. The van der Waals surface area contributed by atoms with Crippen LogP contribution in [0.4, 0.5) is 0 Å². The summed E-state index contributed by atoms with van der Waals surface area (Å²) in [6, 6.07) is 13.8. The van der Waals surface area contributed by atoms with Gasteiger partial charge >= 0.3 is 0 Å². The van der Waals surface area contributed by atoms with E-state index in [2.05, 4.69) is 37.6 Å². The molecule has 0 N–H and O–H groups in total. The SMILES string of the molecule is Clc1cc2nc(Br)n(Cc3ccccc3)c2cc1Cl. The minimum Gasteiger partial charge on any atom is -0.314 e. The lowest BCUT2D eigenvalue weighted by Gasteiger charge is -2.06. The molecule has 3 rings (SSSR count). The molecule has 3 aromatic rings. The molecule has 0 aliphatic rings. The number of halogens is 3. The molecule has 0 radical (unpaired) electrons. The largest absolute Gasteiger partial charge is 0.314 e. The molecule has 1 aromatic heterocycles. The van der Waals surface area contributed by atoms with Gasteiger partial charge < -0.3 is 4.57 Å². The van der Waals surface area contributed by atoms with Gasteiger partial charge in [0.15, 0.2) is 4.73 Å². The number of hydrogen-bond donors (Lipinski definition) is 0. The first-order valence-electron chi connectivity index (χ1n) is 5.70. The topological polar surface area (TPSA) is 17.8 Å². The number of benzene rings is 2. The third-order valence-corrected chi connectivity index (χ3v) is 4.25. The second-order valence-electron chi connectivity index (χ2n) is 4.21. The Morgan fingerprint density at radius 3 is 2.47 bits per heavy atom. The van der Waals surface area contributed by atoms with Crippen molar-refractivity contribution in [1.82, 2.24) is 9.55 Å². The Hall–Kier alpha value is -1.03. The van der Waals surface area contributed by atoms with Crippen LogP contribution in [-0.4, -0.2) is 9.55 Å². The van der Waals surface area contributed by atoms with Crippen LogP contribution >= 0.6 is 39.1 Å². The number of imidazole rings is 1. The normalized spacial score (nSPS) is 11.1. The van der Waals surface area contributed by atoms with Crippen molar-refractivity contribution in [1.29, 1.82) is 0 Å². The number of hydrogen-bond acceptors (Lipinski definition) is 1. The van der Waals surface area contributed by atoms with E-state index in [0.29, 0.717) is 10.0 Å². The first-order valence-corrected chi connectivity index (χ1v) is 7.25. The van der Waals surface area contributed by atoms with Crippen LogP contribution in [0.15, 0.2) is 47.2 Å². The highest BCUT2D eigenvalue weighted by molar-refractivity contribution is 9.10. The molecule has 0 bridgehead atoms. The summed E-state index contributed by atoms with van der Waals surface area (Å²) < 4.78 is 2.83. The van der Waals surface area contributed by atoms with E-state index in [1.807, 2.05) is 24.3 Å². The Morgan fingerprint density at radius 2 is 1.74 bits per heavy atom. The minimum atomic E-state index is 0.519. The van der Waals surface area contributed by atoms with Gasteiger partial charge in [-0.2, -0.15) is 0 Å². The van der Waals surface area contributed by atoms with Crippen molar-refractivity contribution < 1.29 is 0 Å². The highest BCUT2D eigenvalue weighted by atomic mass is 79.9. The van der Waals surface area contributed by atoms with E-state index < -0.39 is 0 Å². The summed E-state index contributed by atoms with van der Waals surface area (Å²) in [5, 5.41) is 1.06. The molecule has 96 valence electrons. The van der Waals surface area contributed by atoms with Crippen molar-refractivity contribution in [3.63, 3.8) is 0 Å². The Kier molecular flexibility index (Phi) is 3.52. The standard InChI is InChI=1S/C14H9BrCl2N2/c15-14-18-12-6-10(16)11(17)7-13(12)19(14)8-9-4-2-1-3-5-9/h1-7H,8H2. The molecule has 2 nitrogen and oxygen atoms in total. The molecule has 19 heavy (non-hydrogen) atoms. The Bertz CT molecular complexity index is 738. The van der Waals surface area contributed by atoms with Crippen molar-refractivity contribution in [2.45, 2.75) is 6.54 Å². The molecule has 0 unspecified atom stereocenters. The van der Waals surface area contributed by atoms with Crippen LogP contribution in [0.2, 0.25) is 10.0 Å². The van der Waals surface area contributed by atoms with E-state index in [9.17, 15) is 0 Å². The van der Waals surface area contributed by atoms with Gasteiger partial charge in [0.25, 0.3) is 0 Å². The molecule has 0 amide bonds. The highest BCUT2D eigenvalue weighted by Gasteiger charge is 2.11. The zero-order valence-electron chi connectivity index (χ0n) is 9.78. The first-order chi connectivity index (χ1) is 9.15. The van der Waals surface area contributed by atoms with Gasteiger partial charge in [0, 0.05) is 0 Å². The molecule has 0 aliphatic heterocycles. The zero-order valence-corrected chi connectivity index (χ0v) is 12.9. The van der Waals surface area contributed by atoms with Crippen molar-refractivity contribution in [2.24, 2.45) is 0 Å². The summed E-state index contributed by atoms with van der Waals surface area (Å²) in [5.41, 5.74) is 3.00. The fourth-order valence-corrected chi connectivity index (χ4v) is 2.83. The van der Waals surface area contributed by atoms with Crippen LogP contribution in [0.3, 0.4) is 0 Å². The molecule has 5 heteroatoms. The number of nitrogens with zero attached hydrogens (tertiary/aromatic N) is 2. The zero-order chi connectivity index (χ0) is 13.4. The smallest absolute Gasteiger partial charge is 0.178 e. The van der Waals surface area contributed by atoms with Gasteiger partial charge in [-0.1, -0.05) is 53.5 Å². The fourth-order valence-electron chi connectivity index (χ4n) is 2.01.